The second-order valence-corrected chi connectivity index (χ2v) is 5.25. The lowest BCUT2D eigenvalue weighted by atomic mass is 9.95. The third-order valence-electron chi connectivity index (χ3n) is 3.62. The Morgan fingerprint density at radius 2 is 2.22 bits per heavy atom. The summed E-state index contributed by atoms with van der Waals surface area (Å²) in [5.74, 6) is 0.0972. The topological polar surface area (TPSA) is 60.0 Å². The molecule has 1 heterocycles. The van der Waals surface area contributed by atoms with Crippen LogP contribution in [-0.4, -0.2) is 16.5 Å². The zero-order chi connectivity index (χ0) is 13.0. The van der Waals surface area contributed by atoms with Crippen molar-refractivity contribution in [3.05, 3.63) is 24.0 Å². The van der Waals surface area contributed by atoms with Gasteiger partial charge in [-0.05, 0) is 31.9 Å². The number of amides is 1. The van der Waals surface area contributed by atoms with Crippen LogP contribution >= 0.6 is 0 Å². The molecule has 1 aliphatic rings. The maximum absolute atomic E-state index is 12.0. The molecular formula is C14H23N3O. The van der Waals surface area contributed by atoms with Gasteiger partial charge in [0, 0.05) is 24.0 Å². The van der Waals surface area contributed by atoms with Gasteiger partial charge in [0.05, 0.1) is 0 Å². The third kappa shape index (κ3) is 3.35. The fraction of sp³-hybridized carbons (Fsp3) is 0.643. The van der Waals surface area contributed by atoms with E-state index in [0.29, 0.717) is 12.6 Å². The van der Waals surface area contributed by atoms with E-state index in [1.54, 1.807) is 0 Å². The van der Waals surface area contributed by atoms with E-state index in [2.05, 4.69) is 5.32 Å². The lowest BCUT2D eigenvalue weighted by Gasteiger charge is -2.23. The molecule has 1 unspecified atom stereocenters. The summed E-state index contributed by atoms with van der Waals surface area (Å²) < 4.78 is 1.93. The second kappa shape index (κ2) is 6.05. The van der Waals surface area contributed by atoms with E-state index >= 15 is 0 Å². The van der Waals surface area contributed by atoms with Crippen LogP contribution in [0.3, 0.4) is 0 Å². The van der Waals surface area contributed by atoms with E-state index in [1.807, 2.05) is 29.8 Å². The van der Waals surface area contributed by atoms with Crippen molar-refractivity contribution in [2.24, 2.45) is 5.73 Å². The maximum Gasteiger partial charge on any atom is 0.240 e. The standard InChI is InChI=1S/C14H23N3O/c1-11(15)13-8-5-9-17(13)10-14(18)16-12-6-3-2-4-7-12/h5,8-9,11-12H,2-4,6-7,10,15H2,1H3,(H,16,18). The molecule has 0 saturated heterocycles. The number of carbonyl (C=O) groups is 1. The fourth-order valence-electron chi connectivity index (χ4n) is 2.66. The zero-order valence-corrected chi connectivity index (χ0v) is 11.1. The quantitative estimate of drug-likeness (QED) is 0.857. The number of rotatable bonds is 4. The molecule has 1 saturated carbocycles. The van der Waals surface area contributed by atoms with Crippen molar-refractivity contribution in [3.8, 4) is 0 Å². The smallest absolute Gasteiger partial charge is 0.240 e. The molecule has 4 nitrogen and oxygen atoms in total. The summed E-state index contributed by atoms with van der Waals surface area (Å²) in [4.78, 5) is 12.0. The Hall–Kier alpha value is -1.29. The van der Waals surface area contributed by atoms with Crippen LogP contribution in [0.2, 0.25) is 0 Å². The third-order valence-corrected chi connectivity index (χ3v) is 3.62. The number of nitrogens with two attached hydrogens (primary N) is 1. The number of hydrogen-bond acceptors (Lipinski definition) is 2. The molecule has 1 fully saturated rings. The minimum atomic E-state index is -0.0394. The van der Waals surface area contributed by atoms with Gasteiger partial charge in [0.25, 0.3) is 0 Å². The molecule has 2 rings (SSSR count). The van der Waals surface area contributed by atoms with Gasteiger partial charge in [-0.25, -0.2) is 0 Å². The summed E-state index contributed by atoms with van der Waals surface area (Å²) in [6.07, 6.45) is 7.94. The summed E-state index contributed by atoms with van der Waals surface area (Å²) in [7, 11) is 0. The molecule has 4 heteroatoms. The molecule has 1 aromatic heterocycles. The number of nitrogens with one attached hydrogen (secondary N) is 1. The highest BCUT2D eigenvalue weighted by molar-refractivity contribution is 5.76. The molecule has 1 amide bonds. The summed E-state index contributed by atoms with van der Waals surface area (Å²) in [5, 5.41) is 3.12. The van der Waals surface area contributed by atoms with Crippen LogP contribution in [0.4, 0.5) is 0 Å². The van der Waals surface area contributed by atoms with Crippen molar-refractivity contribution in [2.45, 2.75) is 57.7 Å². The molecule has 0 spiro atoms. The number of aromatic nitrogens is 1. The fourth-order valence-corrected chi connectivity index (χ4v) is 2.66. The van der Waals surface area contributed by atoms with Gasteiger partial charge >= 0.3 is 0 Å². The first-order valence-electron chi connectivity index (χ1n) is 6.87. The first-order chi connectivity index (χ1) is 8.66. The maximum atomic E-state index is 12.0. The van der Waals surface area contributed by atoms with Gasteiger partial charge in [0.15, 0.2) is 0 Å². The van der Waals surface area contributed by atoms with Gasteiger partial charge < -0.3 is 15.6 Å². The second-order valence-electron chi connectivity index (χ2n) is 5.25. The molecule has 0 aromatic carbocycles. The van der Waals surface area contributed by atoms with E-state index < -0.39 is 0 Å². The summed E-state index contributed by atoms with van der Waals surface area (Å²) in [6, 6.07) is 4.24. The van der Waals surface area contributed by atoms with Crippen molar-refractivity contribution < 1.29 is 4.79 Å². The van der Waals surface area contributed by atoms with Crippen LogP contribution in [0.1, 0.15) is 50.8 Å². The van der Waals surface area contributed by atoms with E-state index in [0.717, 1.165) is 18.5 Å². The molecule has 100 valence electrons. The molecule has 0 aliphatic heterocycles. The van der Waals surface area contributed by atoms with Crippen LogP contribution in [0, 0.1) is 0 Å². The summed E-state index contributed by atoms with van der Waals surface area (Å²) >= 11 is 0. The van der Waals surface area contributed by atoms with E-state index in [4.69, 9.17) is 5.73 Å². The highest BCUT2D eigenvalue weighted by atomic mass is 16.2. The molecular weight excluding hydrogens is 226 g/mol. The predicted molar refractivity (Wildman–Crippen MR) is 72.1 cm³/mol. The van der Waals surface area contributed by atoms with Crippen molar-refractivity contribution in [3.63, 3.8) is 0 Å². The van der Waals surface area contributed by atoms with Gasteiger partial charge in [0.1, 0.15) is 6.54 Å². The Bertz CT molecular complexity index is 391. The zero-order valence-electron chi connectivity index (χ0n) is 11.1. The monoisotopic (exact) mass is 249 g/mol. The Morgan fingerprint density at radius 3 is 2.89 bits per heavy atom. The number of carbonyl (C=O) groups excluding carboxylic acids is 1. The highest BCUT2D eigenvalue weighted by Gasteiger charge is 2.16. The van der Waals surface area contributed by atoms with Gasteiger partial charge in [-0.15, -0.1) is 0 Å². The molecule has 18 heavy (non-hydrogen) atoms. The number of nitrogens with zero attached hydrogens (tertiary/aromatic N) is 1. The van der Waals surface area contributed by atoms with Crippen LogP contribution in [-0.2, 0) is 11.3 Å². The SMILES string of the molecule is CC(N)c1cccn1CC(=O)NC1CCCCC1. The molecule has 1 atom stereocenters. The predicted octanol–water partition coefficient (Wildman–Crippen LogP) is 1.96. The van der Waals surface area contributed by atoms with Gasteiger partial charge in [-0.3, -0.25) is 4.79 Å². The Balaban J connectivity index is 1.88. The van der Waals surface area contributed by atoms with Gasteiger partial charge in [-0.1, -0.05) is 19.3 Å². The molecule has 3 N–H and O–H groups in total. The molecule has 0 radical (unpaired) electrons. The Labute approximate surface area is 109 Å². The summed E-state index contributed by atoms with van der Waals surface area (Å²) in [5.41, 5.74) is 6.87. The lowest BCUT2D eigenvalue weighted by Crippen LogP contribution is -2.38. The Morgan fingerprint density at radius 1 is 1.50 bits per heavy atom. The average molecular weight is 249 g/mol. The largest absolute Gasteiger partial charge is 0.352 e. The number of hydrogen-bond donors (Lipinski definition) is 2. The van der Waals surface area contributed by atoms with Crippen LogP contribution in [0.25, 0.3) is 0 Å². The van der Waals surface area contributed by atoms with Crippen LogP contribution in [0.5, 0.6) is 0 Å². The molecule has 0 bridgehead atoms. The van der Waals surface area contributed by atoms with Crippen LogP contribution < -0.4 is 11.1 Å². The van der Waals surface area contributed by atoms with E-state index in [1.165, 1.54) is 19.3 Å². The highest BCUT2D eigenvalue weighted by Crippen LogP contribution is 2.17. The minimum absolute atomic E-state index is 0.0394. The van der Waals surface area contributed by atoms with E-state index in [-0.39, 0.29) is 11.9 Å². The van der Waals surface area contributed by atoms with Gasteiger partial charge in [-0.2, -0.15) is 0 Å². The average Bonchev–Trinajstić information content (AvgIpc) is 2.78. The van der Waals surface area contributed by atoms with Gasteiger partial charge in [0.2, 0.25) is 5.91 Å². The van der Waals surface area contributed by atoms with Crippen LogP contribution in [0.15, 0.2) is 18.3 Å². The van der Waals surface area contributed by atoms with Crippen molar-refractivity contribution in [1.29, 1.82) is 0 Å². The minimum Gasteiger partial charge on any atom is -0.352 e. The first-order valence-corrected chi connectivity index (χ1v) is 6.87. The van der Waals surface area contributed by atoms with E-state index in [9.17, 15) is 4.79 Å². The lowest BCUT2D eigenvalue weighted by molar-refractivity contribution is -0.122. The molecule has 1 aromatic rings. The first kappa shape index (κ1) is 13.1. The normalized spacial score (nSPS) is 18.6. The van der Waals surface area contributed by atoms with Crippen molar-refractivity contribution >= 4 is 5.91 Å². The molecule has 1 aliphatic carbocycles. The Kier molecular flexibility index (Phi) is 4.42. The summed E-state index contributed by atoms with van der Waals surface area (Å²) in [6.45, 7) is 2.31. The van der Waals surface area contributed by atoms with Crippen molar-refractivity contribution in [2.75, 3.05) is 0 Å². The van der Waals surface area contributed by atoms with Crippen molar-refractivity contribution in [1.82, 2.24) is 9.88 Å².